The molecule has 1 saturated heterocycles. The van der Waals surface area contributed by atoms with Gasteiger partial charge in [0.15, 0.2) is 0 Å². The molecule has 0 atom stereocenters. The minimum atomic E-state index is -0.309. The van der Waals surface area contributed by atoms with Crippen LogP contribution in [0.1, 0.15) is 34.4 Å². The highest BCUT2D eigenvalue weighted by Crippen LogP contribution is 2.18. The summed E-state index contributed by atoms with van der Waals surface area (Å²) in [5.74, 6) is -0.453. The number of likely N-dealkylation sites (tertiary alicyclic amines) is 1. The molecular formula is C29H35FN4O2S. The van der Waals surface area contributed by atoms with E-state index in [9.17, 15) is 14.0 Å². The van der Waals surface area contributed by atoms with Crippen molar-refractivity contribution in [3.8, 4) is 0 Å². The molecule has 0 spiro atoms. The van der Waals surface area contributed by atoms with Crippen LogP contribution >= 0.6 is 11.3 Å². The summed E-state index contributed by atoms with van der Waals surface area (Å²) in [6.07, 6.45) is 2.33. The van der Waals surface area contributed by atoms with Gasteiger partial charge in [-0.25, -0.2) is 9.18 Å². The number of nitrogens with one attached hydrogen (secondary N) is 1. The second-order valence-electron chi connectivity index (χ2n) is 9.67. The highest BCUT2D eigenvalue weighted by Gasteiger charge is 2.24. The van der Waals surface area contributed by atoms with E-state index in [0.29, 0.717) is 19.6 Å². The quantitative estimate of drug-likeness (QED) is 0.374. The molecule has 2 aromatic carbocycles. The van der Waals surface area contributed by atoms with Crippen LogP contribution < -0.4 is 5.32 Å². The highest BCUT2D eigenvalue weighted by molar-refractivity contribution is 7.09. The topological polar surface area (TPSA) is 55.9 Å². The summed E-state index contributed by atoms with van der Waals surface area (Å²) in [4.78, 5) is 33.8. The zero-order chi connectivity index (χ0) is 26.2. The highest BCUT2D eigenvalue weighted by atomic mass is 32.1. The Morgan fingerprint density at radius 1 is 1.00 bits per heavy atom. The number of aryl methyl sites for hydroxylation is 2. The second-order valence-corrected chi connectivity index (χ2v) is 10.7. The van der Waals surface area contributed by atoms with Crippen molar-refractivity contribution in [1.29, 1.82) is 0 Å². The van der Waals surface area contributed by atoms with E-state index in [1.807, 2.05) is 49.6 Å². The molecule has 1 aliphatic heterocycles. The SMILES string of the molecule is Cc1ccc(NC(=O)N(CCN2CCCC2)CC(=O)N(Cc2ccc(F)cc2)Cc2cccs2)c(C)c1. The number of amides is 3. The number of nitrogens with zero attached hydrogens (tertiary/aromatic N) is 3. The molecule has 8 heteroatoms. The van der Waals surface area contributed by atoms with Crippen LogP contribution in [0.2, 0.25) is 0 Å². The van der Waals surface area contributed by atoms with Gasteiger partial charge in [0.2, 0.25) is 5.91 Å². The first kappa shape index (κ1) is 26.8. The van der Waals surface area contributed by atoms with Crippen LogP contribution in [0.5, 0.6) is 0 Å². The lowest BCUT2D eigenvalue weighted by Crippen LogP contribution is -2.46. The number of halogens is 1. The number of urea groups is 1. The Morgan fingerprint density at radius 2 is 1.76 bits per heavy atom. The Morgan fingerprint density at radius 3 is 2.43 bits per heavy atom. The van der Waals surface area contributed by atoms with E-state index < -0.39 is 0 Å². The van der Waals surface area contributed by atoms with Crippen LogP contribution in [0.25, 0.3) is 0 Å². The van der Waals surface area contributed by atoms with E-state index in [1.165, 1.54) is 25.0 Å². The normalized spacial score (nSPS) is 13.5. The molecule has 37 heavy (non-hydrogen) atoms. The van der Waals surface area contributed by atoms with Gasteiger partial charge in [0, 0.05) is 30.2 Å². The molecule has 6 nitrogen and oxygen atoms in total. The summed E-state index contributed by atoms with van der Waals surface area (Å²) in [7, 11) is 0. The molecule has 3 aromatic rings. The molecule has 196 valence electrons. The Labute approximate surface area is 222 Å². The van der Waals surface area contributed by atoms with Gasteiger partial charge in [0.05, 0.1) is 6.54 Å². The summed E-state index contributed by atoms with van der Waals surface area (Å²) in [5.41, 5.74) is 3.70. The fourth-order valence-electron chi connectivity index (χ4n) is 4.57. The molecule has 1 aliphatic rings. The summed E-state index contributed by atoms with van der Waals surface area (Å²) >= 11 is 1.58. The summed E-state index contributed by atoms with van der Waals surface area (Å²) in [6.45, 7) is 7.98. The smallest absolute Gasteiger partial charge is 0.322 e. The molecule has 0 unspecified atom stereocenters. The van der Waals surface area contributed by atoms with Gasteiger partial charge in [-0.1, -0.05) is 35.9 Å². The predicted octanol–water partition coefficient (Wildman–Crippen LogP) is 5.66. The van der Waals surface area contributed by atoms with Gasteiger partial charge in [-0.2, -0.15) is 0 Å². The lowest BCUT2D eigenvalue weighted by atomic mass is 10.1. The van der Waals surface area contributed by atoms with Crippen molar-refractivity contribution in [1.82, 2.24) is 14.7 Å². The predicted molar refractivity (Wildman–Crippen MR) is 147 cm³/mol. The third kappa shape index (κ3) is 7.87. The van der Waals surface area contributed by atoms with Gasteiger partial charge in [-0.15, -0.1) is 11.3 Å². The zero-order valence-electron chi connectivity index (χ0n) is 21.6. The Hall–Kier alpha value is -3.23. The van der Waals surface area contributed by atoms with Gasteiger partial charge in [-0.05, 0) is 80.6 Å². The lowest BCUT2D eigenvalue weighted by Gasteiger charge is -2.29. The number of hydrogen-bond acceptors (Lipinski definition) is 4. The zero-order valence-corrected chi connectivity index (χ0v) is 22.4. The number of carbonyl (C=O) groups is 2. The molecule has 0 bridgehead atoms. The van der Waals surface area contributed by atoms with Crippen LogP contribution in [0.4, 0.5) is 14.9 Å². The van der Waals surface area contributed by atoms with Crippen LogP contribution in [0.3, 0.4) is 0 Å². The first-order valence-corrected chi connectivity index (χ1v) is 13.7. The van der Waals surface area contributed by atoms with Crippen LogP contribution in [0, 0.1) is 19.7 Å². The van der Waals surface area contributed by atoms with Gasteiger partial charge in [0.25, 0.3) is 0 Å². The van der Waals surface area contributed by atoms with Crippen molar-refractivity contribution < 1.29 is 14.0 Å². The van der Waals surface area contributed by atoms with Crippen molar-refractivity contribution in [3.63, 3.8) is 0 Å². The molecule has 1 aromatic heterocycles. The Kier molecular flexibility index (Phi) is 9.30. The van der Waals surface area contributed by atoms with Crippen molar-refractivity contribution in [2.75, 3.05) is 38.0 Å². The molecule has 1 N–H and O–H groups in total. The molecule has 0 radical (unpaired) electrons. The van der Waals surface area contributed by atoms with E-state index in [4.69, 9.17) is 0 Å². The number of hydrogen-bond donors (Lipinski definition) is 1. The third-order valence-corrected chi connectivity index (χ3v) is 7.55. The number of rotatable bonds is 10. The Bertz CT molecular complexity index is 1180. The maximum Gasteiger partial charge on any atom is 0.322 e. The van der Waals surface area contributed by atoms with Gasteiger partial charge >= 0.3 is 6.03 Å². The van der Waals surface area contributed by atoms with Crippen LogP contribution in [-0.4, -0.2) is 59.4 Å². The number of benzene rings is 2. The van der Waals surface area contributed by atoms with Gasteiger partial charge in [-0.3, -0.25) is 4.79 Å². The largest absolute Gasteiger partial charge is 0.332 e. The maximum absolute atomic E-state index is 13.6. The molecule has 0 saturated carbocycles. The number of thiophene rings is 1. The van der Waals surface area contributed by atoms with E-state index in [0.717, 1.165) is 46.9 Å². The number of carbonyl (C=O) groups excluding carboxylic acids is 2. The molecule has 1 fully saturated rings. The minimum absolute atomic E-state index is 0.0306. The van der Waals surface area contributed by atoms with Gasteiger partial charge in [0.1, 0.15) is 12.4 Å². The fourth-order valence-corrected chi connectivity index (χ4v) is 5.28. The molecule has 2 heterocycles. The third-order valence-electron chi connectivity index (χ3n) is 6.69. The average Bonchev–Trinajstić information content (AvgIpc) is 3.59. The lowest BCUT2D eigenvalue weighted by molar-refractivity contribution is -0.133. The monoisotopic (exact) mass is 522 g/mol. The van der Waals surface area contributed by atoms with E-state index >= 15 is 0 Å². The average molecular weight is 523 g/mol. The van der Waals surface area contributed by atoms with Crippen molar-refractivity contribution in [2.45, 2.75) is 39.8 Å². The van der Waals surface area contributed by atoms with E-state index in [-0.39, 0.29) is 24.3 Å². The molecule has 4 rings (SSSR count). The summed E-state index contributed by atoms with van der Waals surface area (Å²) in [5, 5.41) is 5.00. The molecular weight excluding hydrogens is 487 g/mol. The minimum Gasteiger partial charge on any atom is -0.332 e. The first-order valence-electron chi connectivity index (χ1n) is 12.8. The Balaban J connectivity index is 1.50. The fraction of sp³-hybridized carbons (Fsp3) is 0.379. The molecule has 3 amide bonds. The number of anilines is 1. The standard InChI is InChI=1S/C29H35FN4O2S/c1-22-7-12-27(23(2)18-22)31-29(36)33(16-15-32-13-3-4-14-32)21-28(35)34(20-26-6-5-17-37-26)19-24-8-10-25(30)11-9-24/h5-12,17-18H,3-4,13-16,19-21H2,1-2H3,(H,31,36). The van der Waals surface area contributed by atoms with Crippen molar-refractivity contribution >= 4 is 29.0 Å². The van der Waals surface area contributed by atoms with Crippen LogP contribution in [0.15, 0.2) is 60.0 Å². The van der Waals surface area contributed by atoms with Crippen molar-refractivity contribution in [2.24, 2.45) is 0 Å². The maximum atomic E-state index is 13.6. The van der Waals surface area contributed by atoms with Crippen molar-refractivity contribution in [3.05, 3.63) is 87.4 Å². The van der Waals surface area contributed by atoms with E-state index in [1.54, 1.807) is 33.3 Å². The second kappa shape index (κ2) is 12.8. The molecule has 0 aliphatic carbocycles. The first-order chi connectivity index (χ1) is 17.9. The van der Waals surface area contributed by atoms with Gasteiger partial charge < -0.3 is 20.0 Å². The van der Waals surface area contributed by atoms with Crippen LogP contribution in [-0.2, 0) is 17.9 Å². The summed E-state index contributed by atoms with van der Waals surface area (Å²) in [6, 6.07) is 15.8. The summed E-state index contributed by atoms with van der Waals surface area (Å²) < 4.78 is 13.5. The van der Waals surface area contributed by atoms with E-state index in [2.05, 4.69) is 10.2 Å².